The van der Waals surface area contributed by atoms with Gasteiger partial charge in [0.05, 0.1) is 6.04 Å². The van der Waals surface area contributed by atoms with Crippen LogP contribution >= 0.6 is 0 Å². The van der Waals surface area contributed by atoms with Crippen LogP contribution in [0.15, 0.2) is 22.3 Å². The lowest BCUT2D eigenvalue weighted by Crippen LogP contribution is -1.88. The number of nitrogens with zero attached hydrogens (tertiary/aromatic N) is 2. The first-order valence-electron chi connectivity index (χ1n) is 2.62. The van der Waals surface area contributed by atoms with Crippen LogP contribution in [0.25, 0.3) is 0 Å². The van der Waals surface area contributed by atoms with Crippen molar-refractivity contribution in [2.45, 2.75) is 13.0 Å². The van der Waals surface area contributed by atoms with Gasteiger partial charge in [-0.1, -0.05) is 0 Å². The third-order valence-corrected chi connectivity index (χ3v) is 0.748. The quantitative estimate of drug-likeness (QED) is 0.422. The summed E-state index contributed by atoms with van der Waals surface area (Å²) < 4.78 is 0. The van der Waals surface area contributed by atoms with Crippen molar-refractivity contribution in [1.82, 2.24) is 0 Å². The van der Waals surface area contributed by atoms with E-state index in [1.807, 2.05) is 0 Å². The predicted octanol–water partition coefficient (Wildman–Crippen LogP) is 0.560. The molecule has 0 aliphatic rings. The molecule has 0 saturated heterocycles. The largest absolute Gasteiger partial charge is 0.239 e. The minimum Gasteiger partial charge on any atom is -0.211 e. The molecule has 0 rings (SSSR count). The summed E-state index contributed by atoms with van der Waals surface area (Å²) in [4.78, 5) is 25.5. The molecule has 1 unspecified atom stereocenters. The van der Waals surface area contributed by atoms with E-state index in [0.717, 1.165) is 0 Å². The maximum Gasteiger partial charge on any atom is 0.239 e. The number of isocyanates is 2. The van der Waals surface area contributed by atoms with Crippen LogP contribution in [0.3, 0.4) is 0 Å². The van der Waals surface area contributed by atoms with Crippen LogP contribution in [-0.2, 0) is 9.59 Å². The Hall–Kier alpha value is -1.50. The van der Waals surface area contributed by atoms with Crippen LogP contribution in [0.1, 0.15) is 6.92 Å². The summed E-state index contributed by atoms with van der Waals surface area (Å²) >= 11 is 0. The highest BCUT2D eigenvalue weighted by molar-refractivity contribution is 5.35. The zero-order valence-electron chi connectivity index (χ0n) is 5.44. The Bertz CT molecular complexity index is 210. The fourth-order valence-electron chi connectivity index (χ4n) is 0.324. The smallest absolute Gasteiger partial charge is 0.211 e. The molecule has 0 aliphatic carbocycles. The predicted molar refractivity (Wildman–Crippen MR) is 34.8 cm³/mol. The summed E-state index contributed by atoms with van der Waals surface area (Å²) in [5.41, 5.74) is 0. The molecule has 0 radical (unpaired) electrons. The second kappa shape index (κ2) is 5.63. The van der Waals surface area contributed by atoms with E-state index in [1.54, 1.807) is 6.92 Å². The second-order valence-corrected chi connectivity index (χ2v) is 1.52. The molecule has 52 valence electrons. The maximum absolute atomic E-state index is 9.61. The van der Waals surface area contributed by atoms with Crippen LogP contribution in [0, 0.1) is 0 Å². The summed E-state index contributed by atoms with van der Waals surface area (Å²) in [5, 5.41) is 0. The van der Waals surface area contributed by atoms with Gasteiger partial charge >= 0.3 is 0 Å². The summed E-state index contributed by atoms with van der Waals surface area (Å²) in [7, 11) is 0. The standard InChI is InChI=1S/C6H6N2O2/c1-6(8-5-10)2-3-7-4-9/h2-3,6H,1H3/b3-2+. The normalized spacial score (nSPS) is 11.7. The van der Waals surface area contributed by atoms with Crippen LogP contribution in [-0.4, -0.2) is 18.2 Å². The highest BCUT2D eigenvalue weighted by atomic mass is 16.1. The van der Waals surface area contributed by atoms with Gasteiger partial charge in [0.15, 0.2) is 0 Å². The number of hydrogen-bond donors (Lipinski definition) is 0. The fourth-order valence-corrected chi connectivity index (χ4v) is 0.324. The molecule has 10 heavy (non-hydrogen) atoms. The highest BCUT2D eigenvalue weighted by Crippen LogP contribution is 1.88. The SMILES string of the molecule is CC(/C=C/N=C=O)N=C=O. The van der Waals surface area contributed by atoms with Gasteiger partial charge in [-0.25, -0.2) is 9.59 Å². The first-order chi connectivity index (χ1) is 4.81. The van der Waals surface area contributed by atoms with Crippen molar-refractivity contribution >= 4 is 12.2 Å². The van der Waals surface area contributed by atoms with E-state index in [4.69, 9.17) is 0 Å². The molecule has 0 fully saturated rings. The average molecular weight is 138 g/mol. The average Bonchev–Trinajstić information content (AvgIpc) is 1.89. The van der Waals surface area contributed by atoms with E-state index >= 15 is 0 Å². The van der Waals surface area contributed by atoms with Crippen molar-refractivity contribution < 1.29 is 9.59 Å². The Morgan fingerprint density at radius 1 is 1.40 bits per heavy atom. The van der Waals surface area contributed by atoms with Crippen molar-refractivity contribution in [3.63, 3.8) is 0 Å². The third-order valence-electron chi connectivity index (χ3n) is 0.748. The van der Waals surface area contributed by atoms with Crippen LogP contribution in [0.4, 0.5) is 0 Å². The van der Waals surface area contributed by atoms with Gasteiger partial charge in [0.25, 0.3) is 0 Å². The van der Waals surface area contributed by atoms with Crippen molar-refractivity contribution in [3.05, 3.63) is 12.3 Å². The lowest BCUT2D eigenvalue weighted by atomic mass is 10.3. The lowest BCUT2D eigenvalue weighted by Gasteiger charge is -1.88. The monoisotopic (exact) mass is 138 g/mol. The van der Waals surface area contributed by atoms with Crippen LogP contribution in [0.5, 0.6) is 0 Å². The molecule has 0 saturated carbocycles. The van der Waals surface area contributed by atoms with Gasteiger partial charge in [-0.05, 0) is 13.0 Å². The summed E-state index contributed by atoms with van der Waals surface area (Å²) in [5.74, 6) is 0. The fraction of sp³-hybridized carbons (Fsp3) is 0.333. The van der Waals surface area contributed by atoms with Gasteiger partial charge in [0.1, 0.15) is 0 Å². The molecule has 0 N–H and O–H groups in total. The Morgan fingerprint density at radius 2 is 2.10 bits per heavy atom. The zero-order chi connectivity index (χ0) is 7.82. The molecular formula is C6H6N2O2. The molecule has 0 spiro atoms. The topological polar surface area (TPSA) is 58.9 Å². The highest BCUT2D eigenvalue weighted by Gasteiger charge is 1.87. The molecule has 0 aromatic rings. The minimum atomic E-state index is -0.283. The Labute approximate surface area is 58.0 Å². The molecule has 0 aliphatic heterocycles. The van der Waals surface area contributed by atoms with Gasteiger partial charge in [0.2, 0.25) is 12.2 Å². The van der Waals surface area contributed by atoms with Crippen LogP contribution < -0.4 is 0 Å². The molecule has 0 heterocycles. The molecule has 0 aromatic heterocycles. The zero-order valence-corrected chi connectivity index (χ0v) is 5.44. The van der Waals surface area contributed by atoms with E-state index in [0.29, 0.717) is 0 Å². The number of rotatable bonds is 3. The molecule has 0 amide bonds. The molecular weight excluding hydrogens is 132 g/mol. The Kier molecular flexibility index (Phi) is 4.79. The van der Waals surface area contributed by atoms with Gasteiger partial charge in [0, 0.05) is 6.20 Å². The van der Waals surface area contributed by atoms with Crippen molar-refractivity contribution in [1.29, 1.82) is 0 Å². The number of hydrogen-bond acceptors (Lipinski definition) is 4. The van der Waals surface area contributed by atoms with E-state index in [2.05, 4.69) is 9.98 Å². The van der Waals surface area contributed by atoms with Gasteiger partial charge in [-0.2, -0.15) is 9.98 Å². The van der Waals surface area contributed by atoms with E-state index in [1.165, 1.54) is 24.4 Å². The molecule has 4 heteroatoms. The number of carbonyl (C=O) groups excluding carboxylic acids is 2. The maximum atomic E-state index is 9.61. The van der Waals surface area contributed by atoms with Gasteiger partial charge in [-0.3, -0.25) is 0 Å². The molecule has 0 bridgehead atoms. The van der Waals surface area contributed by atoms with Crippen molar-refractivity contribution in [2.75, 3.05) is 0 Å². The van der Waals surface area contributed by atoms with Crippen molar-refractivity contribution in [2.24, 2.45) is 9.98 Å². The molecule has 0 aromatic carbocycles. The first kappa shape index (κ1) is 8.50. The van der Waals surface area contributed by atoms with E-state index < -0.39 is 0 Å². The van der Waals surface area contributed by atoms with E-state index in [-0.39, 0.29) is 6.04 Å². The minimum absolute atomic E-state index is 0.283. The number of aliphatic imine (C=N–C) groups is 2. The van der Waals surface area contributed by atoms with E-state index in [9.17, 15) is 9.59 Å². The lowest BCUT2D eigenvalue weighted by molar-refractivity contribution is 0.561. The third kappa shape index (κ3) is 4.65. The first-order valence-corrected chi connectivity index (χ1v) is 2.62. The summed E-state index contributed by atoms with van der Waals surface area (Å²) in [6.07, 6.45) is 5.41. The summed E-state index contributed by atoms with van der Waals surface area (Å²) in [6.45, 7) is 1.67. The molecule has 4 nitrogen and oxygen atoms in total. The Morgan fingerprint density at radius 3 is 2.60 bits per heavy atom. The molecule has 1 atom stereocenters. The van der Waals surface area contributed by atoms with Gasteiger partial charge in [-0.15, -0.1) is 0 Å². The van der Waals surface area contributed by atoms with Crippen molar-refractivity contribution in [3.8, 4) is 0 Å². The second-order valence-electron chi connectivity index (χ2n) is 1.52. The van der Waals surface area contributed by atoms with Gasteiger partial charge < -0.3 is 0 Å². The van der Waals surface area contributed by atoms with Crippen LogP contribution in [0.2, 0.25) is 0 Å². The Balaban J connectivity index is 3.88. The summed E-state index contributed by atoms with van der Waals surface area (Å²) in [6, 6.07) is -0.283.